The number of esters is 1. The summed E-state index contributed by atoms with van der Waals surface area (Å²) in [5, 5.41) is 3.42. The standard InChI is InChI=1S/C17H16N2O3S/c20-15(19-17-18-12-7-3-4-8-14(12)23-17)13-9-10-5-1-2-6-11(10)16(21)22-13/h1-2,5-6,13H,3-4,7-9H2,(H,18,19,20). The molecule has 0 bridgehead atoms. The Balaban J connectivity index is 1.50. The van der Waals surface area contributed by atoms with Gasteiger partial charge in [0.1, 0.15) is 0 Å². The van der Waals surface area contributed by atoms with Crippen molar-refractivity contribution in [2.45, 2.75) is 38.2 Å². The van der Waals surface area contributed by atoms with E-state index >= 15 is 0 Å². The third-order valence-electron chi connectivity index (χ3n) is 4.26. The van der Waals surface area contributed by atoms with Crippen LogP contribution in [0.1, 0.15) is 39.3 Å². The normalized spacial score (nSPS) is 19.5. The highest BCUT2D eigenvalue weighted by molar-refractivity contribution is 7.15. The van der Waals surface area contributed by atoms with Crippen molar-refractivity contribution in [1.82, 2.24) is 4.98 Å². The van der Waals surface area contributed by atoms with Crippen molar-refractivity contribution in [3.8, 4) is 0 Å². The van der Waals surface area contributed by atoms with Crippen LogP contribution in [-0.4, -0.2) is 23.0 Å². The second-order valence-corrected chi connectivity index (χ2v) is 6.92. The number of fused-ring (bicyclic) bond motifs is 2. The van der Waals surface area contributed by atoms with E-state index in [0.717, 1.165) is 30.5 Å². The van der Waals surface area contributed by atoms with Gasteiger partial charge in [-0.2, -0.15) is 0 Å². The Labute approximate surface area is 137 Å². The first-order valence-corrected chi connectivity index (χ1v) is 8.60. The zero-order valence-electron chi connectivity index (χ0n) is 12.5. The molecular formula is C17H16N2O3S. The zero-order valence-corrected chi connectivity index (χ0v) is 13.3. The van der Waals surface area contributed by atoms with Gasteiger partial charge < -0.3 is 4.74 Å². The molecule has 1 unspecified atom stereocenters. The first-order chi connectivity index (χ1) is 11.2. The van der Waals surface area contributed by atoms with Crippen LogP contribution in [0.15, 0.2) is 24.3 Å². The van der Waals surface area contributed by atoms with Crippen LogP contribution in [0.3, 0.4) is 0 Å². The molecule has 1 amide bonds. The molecule has 1 aliphatic carbocycles. The molecule has 4 rings (SSSR count). The molecule has 1 N–H and O–H groups in total. The van der Waals surface area contributed by atoms with Gasteiger partial charge in [-0.25, -0.2) is 9.78 Å². The zero-order chi connectivity index (χ0) is 15.8. The van der Waals surface area contributed by atoms with Gasteiger partial charge in [-0.05, 0) is 37.3 Å². The maximum atomic E-state index is 12.4. The van der Waals surface area contributed by atoms with Crippen molar-refractivity contribution in [1.29, 1.82) is 0 Å². The quantitative estimate of drug-likeness (QED) is 0.861. The number of benzene rings is 1. The monoisotopic (exact) mass is 328 g/mol. The summed E-state index contributed by atoms with van der Waals surface area (Å²) < 4.78 is 5.27. The van der Waals surface area contributed by atoms with Gasteiger partial charge in [-0.3, -0.25) is 10.1 Å². The summed E-state index contributed by atoms with van der Waals surface area (Å²) in [5.41, 5.74) is 2.49. The molecule has 1 aliphatic heterocycles. The number of rotatable bonds is 2. The Hall–Kier alpha value is -2.21. The number of cyclic esters (lactones) is 1. The van der Waals surface area contributed by atoms with E-state index in [2.05, 4.69) is 10.3 Å². The molecule has 2 aromatic rings. The van der Waals surface area contributed by atoms with E-state index in [1.54, 1.807) is 12.1 Å². The summed E-state index contributed by atoms with van der Waals surface area (Å²) in [7, 11) is 0. The highest BCUT2D eigenvalue weighted by Crippen LogP contribution is 2.30. The summed E-state index contributed by atoms with van der Waals surface area (Å²) in [6.07, 6.45) is 3.96. The lowest BCUT2D eigenvalue weighted by Gasteiger charge is -2.23. The van der Waals surface area contributed by atoms with E-state index in [-0.39, 0.29) is 5.91 Å². The predicted molar refractivity (Wildman–Crippen MR) is 86.7 cm³/mol. The van der Waals surface area contributed by atoms with Crippen LogP contribution in [0.2, 0.25) is 0 Å². The van der Waals surface area contributed by atoms with Crippen molar-refractivity contribution in [2.75, 3.05) is 5.32 Å². The number of carbonyl (C=O) groups is 2. The summed E-state index contributed by atoms with van der Waals surface area (Å²) in [6.45, 7) is 0. The fraction of sp³-hybridized carbons (Fsp3) is 0.353. The van der Waals surface area contributed by atoms with E-state index < -0.39 is 12.1 Å². The van der Waals surface area contributed by atoms with Crippen molar-refractivity contribution in [3.05, 3.63) is 46.0 Å². The van der Waals surface area contributed by atoms with Gasteiger partial charge in [0.05, 0.1) is 11.3 Å². The van der Waals surface area contributed by atoms with Crippen LogP contribution in [-0.2, 0) is 28.8 Å². The molecule has 0 radical (unpaired) electrons. The summed E-state index contributed by atoms with van der Waals surface area (Å²) in [5.74, 6) is -0.746. The Morgan fingerprint density at radius 3 is 2.96 bits per heavy atom. The van der Waals surface area contributed by atoms with Gasteiger partial charge >= 0.3 is 5.97 Å². The van der Waals surface area contributed by atoms with Gasteiger partial charge in [0.25, 0.3) is 5.91 Å². The number of aromatic nitrogens is 1. The third kappa shape index (κ3) is 2.74. The highest BCUT2D eigenvalue weighted by atomic mass is 32.1. The second-order valence-electron chi connectivity index (χ2n) is 5.84. The SMILES string of the molecule is O=C1OC(C(=O)Nc2nc3c(s2)CCCC3)Cc2ccccc21. The molecule has 2 heterocycles. The highest BCUT2D eigenvalue weighted by Gasteiger charge is 2.31. The third-order valence-corrected chi connectivity index (χ3v) is 5.33. The minimum atomic E-state index is -0.793. The molecule has 23 heavy (non-hydrogen) atoms. The topological polar surface area (TPSA) is 68.3 Å². The number of thiazole rings is 1. The van der Waals surface area contributed by atoms with Crippen molar-refractivity contribution < 1.29 is 14.3 Å². The van der Waals surface area contributed by atoms with Gasteiger partial charge in [0.15, 0.2) is 11.2 Å². The van der Waals surface area contributed by atoms with E-state index in [0.29, 0.717) is 17.1 Å². The molecule has 0 fully saturated rings. The number of aryl methyl sites for hydroxylation is 2. The molecule has 0 spiro atoms. The lowest BCUT2D eigenvalue weighted by atomic mass is 9.98. The average molecular weight is 328 g/mol. The van der Waals surface area contributed by atoms with Crippen LogP contribution >= 0.6 is 11.3 Å². The predicted octanol–water partition coefficient (Wildman–Crippen LogP) is 2.74. The van der Waals surface area contributed by atoms with Crippen LogP contribution in [0.4, 0.5) is 5.13 Å². The van der Waals surface area contributed by atoms with E-state index in [4.69, 9.17) is 4.74 Å². The lowest BCUT2D eigenvalue weighted by molar-refractivity contribution is -0.125. The van der Waals surface area contributed by atoms with Crippen LogP contribution in [0.25, 0.3) is 0 Å². The molecule has 1 aromatic carbocycles. The smallest absolute Gasteiger partial charge is 0.339 e. The van der Waals surface area contributed by atoms with Crippen LogP contribution in [0, 0.1) is 0 Å². The van der Waals surface area contributed by atoms with E-state index in [9.17, 15) is 9.59 Å². The number of hydrogen-bond acceptors (Lipinski definition) is 5. The van der Waals surface area contributed by atoms with Gasteiger partial charge in [-0.1, -0.05) is 18.2 Å². The van der Waals surface area contributed by atoms with Crippen LogP contribution in [0.5, 0.6) is 0 Å². The molecule has 1 aromatic heterocycles. The first-order valence-electron chi connectivity index (χ1n) is 7.79. The molecule has 0 saturated carbocycles. The number of hydrogen-bond donors (Lipinski definition) is 1. The Bertz CT molecular complexity index is 760. The summed E-state index contributed by atoms with van der Waals surface area (Å²) in [6, 6.07) is 7.24. The van der Waals surface area contributed by atoms with Crippen molar-refractivity contribution >= 4 is 28.3 Å². The average Bonchev–Trinajstić information content (AvgIpc) is 2.97. The number of amides is 1. The molecule has 6 heteroatoms. The summed E-state index contributed by atoms with van der Waals surface area (Å²) in [4.78, 5) is 30.2. The van der Waals surface area contributed by atoms with Crippen molar-refractivity contribution in [2.24, 2.45) is 0 Å². The van der Waals surface area contributed by atoms with Gasteiger partial charge in [0, 0.05) is 11.3 Å². The molecular weight excluding hydrogens is 312 g/mol. The molecule has 0 saturated heterocycles. The molecule has 5 nitrogen and oxygen atoms in total. The number of anilines is 1. The van der Waals surface area contributed by atoms with Gasteiger partial charge in [-0.15, -0.1) is 11.3 Å². The number of nitrogens with one attached hydrogen (secondary N) is 1. The first kappa shape index (κ1) is 14.4. The minimum absolute atomic E-state index is 0.307. The Morgan fingerprint density at radius 2 is 2.09 bits per heavy atom. The van der Waals surface area contributed by atoms with Gasteiger partial charge in [0.2, 0.25) is 0 Å². The molecule has 2 aliphatic rings. The number of carbonyl (C=O) groups excluding carboxylic acids is 2. The lowest BCUT2D eigenvalue weighted by Crippen LogP contribution is -2.37. The Kier molecular flexibility index (Phi) is 3.61. The van der Waals surface area contributed by atoms with E-state index in [1.807, 2.05) is 12.1 Å². The maximum absolute atomic E-state index is 12.4. The van der Waals surface area contributed by atoms with E-state index in [1.165, 1.54) is 22.6 Å². The Morgan fingerprint density at radius 1 is 1.26 bits per heavy atom. The minimum Gasteiger partial charge on any atom is -0.448 e. The second kappa shape index (κ2) is 5.77. The fourth-order valence-corrected chi connectivity index (χ4v) is 4.12. The molecule has 118 valence electrons. The molecule has 1 atom stereocenters. The number of nitrogens with zero attached hydrogens (tertiary/aromatic N) is 1. The number of ether oxygens (including phenoxy) is 1. The largest absolute Gasteiger partial charge is 0.448 e. The fourth-order valence-electron chi connectivity index (χ4n) is 3.07. The summed E-state index contributed by atoms with van der Waals surface area (Å²) >= 11 is 1.53. The maximum Gasteiger partial charge on any atom is 0.339 e. The van der Waals surface area contributed by atoms with Crippen molar-refractivity contribution in [3.63, 3.8) is 0 Å². The van der Waals surface area contributed by atoms with Crippen LogP contribution < -0.4 is 5.32 Å².